The number of benzene rings is 1. The first-order valence-corrected chi connectivity index (χ1v) is 11.1. The number of carbonyl (C=O) groups excluding carboxylic acids is 3. The summed E-state index contributed by atoms with van der Waals surface area (Å²) in [6.07, 6.45) is 2.12. The van der Waals surface area contributed by atoms with Crippen LogP contribution in [-0.2, 0) is 4.79 Å². The molecule has 0 aliphatic carbocycles. The average molecular weight is 419 g/mol. The van der Waals surface area contributed by atoms with Crippen molar-refractivity contribution < 1.29 is 19.1 Å². The smallest absolute Gasteiger partial charge is 0.337 e. The highest BCUT2D eigenvalue weighted by Gasteiger charge is 2.55. The fraction of sp³-hybridized carbons (Fsp3) is 0.550. The topological polar surface area (TPSA) is 82.2 Å². The van der Waals surface area contributed by atoms with Crippen LogP contribution in [0.15, 0.2) is 24.3 Å². The molecule has 156 valence electrons. The van der Waals surface area contributed by atoms with Crippen molar-refractivity contribution in [1.29, 1.82) is 0 Å². The van der Waals surface area contributed by atoms with Gasteiger partial charge in [-0.2, -0.15) is 5.43 Å². The Kier molecular flexibility index (Phi) is 5.69. The number of ketones is 1. The fourth-order valence-corrected chi connectivity index (χ4v) is 5.53. The third kappa shape index (κ3) is 3.57. The summed E-state index contributed by atoms with van der Waals surface area (Å²) in [5.74, 6) is 1.36. The Morgan fingerprint density at radius 2 is 2.17 bits per heavy atom. The largest absolute Gasteiger partial charge is 0.497 e. The molecule has 3 aliphatic rings. The Labute approximate surface area is 174 Å². The van der Waals surface area contributed by atoms with E-state index in [0.717, 1.165) is 25.0 Å². The molecule has 0 bridgehead atoms. The van der Waals surface area contributed by atoms with Gasteiger partial charge in [-0.25, -0.2) is 9.80 Å². The number of methoxy groups -OCH3 is 1. The highest BCUT2D eigenvalue weighted by atomic mass is 32.2. The number of carbonyl (C=O) groups is 3. The van der Waals surface area contributed by atoms with E-state index in [2.05, 4.69) is 12.3 Å². The van der Waals surface area contributed by atoms with Crippen LogP contribution < -0.4 is 10.2 Å². The molecule has 0 aromatic heterocycles. The first kappa shape index (κ1) is 20.0. The molecule has 3 fully saturated rings. The van der Waals surface area contributed by atoms with Crippen molar-refractivity contribution in [1.82, 2.24) is 20.2 Å². The number of fused-ring (bicyclic) bond motifs is 3. The minimum atomic E-state index is -0.514. The van der Waals surface area contributed by atoms with E-state index in [1.165, 1.54) is 5.01 Å². The fourth-order valence-electron chi connectivity index (χ4n) is 4.13. The van der Waals surface area contributed by atoms with Crippen LogP contribution >= 0.6 is 11.8 Å². The van der Waals surface area contributed by atoms with E-state index in [9.17, 15) is 14.4 Å². The van der Waals surface area contributed by atoms with Crippen LogP contribution in [0.1, 0.15) is 36.5 Å². The summed E-state index contributed by atoms with van der Waals surface area (Å²) in [6, 6.07) is 6.53. The molecule has 0 radical (unpaired) electrons. The number of Topliss-reactive ketones (excluding diaryl/α,β-unsaturated/α-hetero) is 1. The second kappa shape index (κ2) is 8.23. The lowest BCUT2D eigenvalue weighted by atomic mass is 10.1. The lowest BCUT2D eigenvalue weighted by molar-refractivity contribution is -0.144. The average Bonchev–Trinajstić information content (AvgIpc) is 3.33. The first-order chi connectivity index (χ1) is 14.0. The molecule has 3 aliphatic heterocycles. The van der Waals surface area contributed by atoms with Gasteiger partial charge >= 0.3 is 6.03 Å². The van der Waals surface area contributed by atoms with Crippen LogP contribution in [0.2, 0.25) is 0 Å². The van der Waals surface area contributed by atoms with E-state index >= 15 is 0 Å². The molecule has 9 heteroatoms. The third-order valence-electron chi connectivity index (χ3n) is 5.67. The summed E-state index contributed by atoms with van der Waals surface area (Å²) in [4.78, 5) is 42.5. The quantitative estimate of drug-likeness (QED) is 0.682. The molecular formula is C20H26N4O4S. The van der Waals surface area contributed by atoms with E-state index in [-0.39, 0.29) is 35.6 Å². The zero-order valence-corrected chi connectivity index (χ0v) is 17.5. The van der Waals surface area contributed by atoms with Crippen molar-refractivity contribution in [3.63, 3.8) is 0 Å². The van der Waals surface area contributed by atoms with Crippen LogP contribution in [0.4, 0.5) is 4.79 Å². The van der Waals surface area contributed by atoms with Crippen LogP contribution in [-0.4, -0.2) is 76.1 Å². The highest BCUT2D eigenvalue weighted by Crippen LogP contribution is 2.39. The zero-order valence-electron chi connectivity index (χ0n) is 16.7. The van der Waals surface area contributed by atoms with Crippen molar-refractivity contribution in [2.24, 2.45) is 0 Å². The molecule has 29 heavy (non-hydrogen) atoms. The Balaban J connectivity index is 1.54. The van der Waals surface area contributed by atoms with Crippen LogP contribution in [0.3, 0.4) is 0 Å². The number of hydrazine groups is 1. The van der Waals surface area contributed by atoms with Gasteiger partial charge < -0.3 is 9.64 Å². The molecule has 3 atom stereocenters. The van der Waals surface area contributed by atoms with Gasteiger partial charge in [0, 0.05) is 12.1 Å². The van der Waals surface area contributed by atoms with Crippen molar-refractivity contribution in [3.05, 3.63) is 29.8 Å². The molecule has 8 nitrogen and oxygen atoms in total. The molecule has 3 amide bonds. The Hall–Kier alpha value is -2.26. The summed E-state index contributed by atoms with van der Waals surface area (Å²) in [5, 5.41) is 1.15. The molecule has 3 unspecified atom stereocenters. The number of rotatable bonds is 7. The number of hydrogen-bond donors (Lipinski definition) is 1. The molecule has 0 saturated carbocycles. The predicted octanol–water partition coefficient (Wildman–Crippen LogP) is 1.92. The van der Waals surface area contributed by atoms with E-state index < -0.39 is 6.29 Å². The number of urea groups is 1. The van der Waals surface area contributed by atoms with Crippen molar-refractivity contribution in [3.8, 4) is 5.75 Å². The van der Waals surface area contributed by atoms with Crippen LogP contribution in [0.25, 0.3) is 0 Å². The van der Waals surface area contributed by atoms with Crippen molar-refractivity contribution in [2.45, 2.75) is 43.8 Å². The molecule has 1 N–H and O–H groups in total. The van der Waals surface area contributed by atoms with E-state index in [1.807, 2.05) is 0 Å². The van der Waals surface area contributed by atoms with Crippen LogP contribution in [0, 0.1) is 0 Å². The number of nitrogens with zero attached hydrogens (tertiary/aromatic N) is 3. The number of nitrogens with one attached hydrogen (secondary N) is 1. The Morgan fingerprint density at radius 3 is 2.93 bits per heavy atom. The molecule has 1 aromatic rings. The normalized spacial score (nSPS) is 26.0. The third-order valence-corrected chi connectivity index (χ3v) is 7.02. The maximum atomic E-state index is 13.2. The molecule has 0 spiro atoms. The van der Waals surface area contributed by atoms with Gasteiger partial charge in [0.15, 0.2) is 12.1 Å². The van der Waals surface area contributed by atoms with Crippen LogP contribution in [0.5, 0.6) is 5.75 Å². The van der Waals surface area contributed by atoms with Gasteiger partial charge in [0.25, 0.3) is 0 Å². The van der Waals surface area contributed by atoms with Gasteiger partial charge in [0.2, 0.25) is 5.91 Å². The van der Waals surface area contributed by atoms with Gasteiger partial charge in [0.05, 0.1) is 13.2 Å². The standard InChI is InChI=1S/C20H26N4O4S/c1-3-4-9-22-18(26)17-15(8-10-29-17)24-19(22)21-23(20(24)27)12-16(25)13-6-5-7-14(11-13)28-2/h5-7,11,15,17,19,21H,3-4,8-10,12H2,1-2H3. The SMILES string of the molecule is CCCCN1C(=O)C2SCCC2N2C(=O)N(CC(=O)c3cccc(OC)c3)NC12. The summed E-state index contributed by atoms with van der Waals surface area (Å²) in [6.45, 7) is 2.57. The minimum Gasteiger partial charge on any atom is -0.497 e. The van der Waals surface area contributed by atoms with Gasteiger partial charge in [-0.1, -0.05) is 25.5 Å². The summed E-state index contributed by atoms with van der Waals surface area (Å²) < 4.78 is 5.18. The van der Waals surface area contributed by atoms with E-state index in [4.69, 9.17) is 4.74 Å². The predicted molar refractivity (Wildman–Crippen MR) is 109 cm³/mol. The van der Waals surface area contributed by atoms with Gasteiger partial charge in [-0.05, 0) is 30.7 Å². The van der Waals surface area contributed by atoms with Crippen molar-refractivity contribution >= 4 is 29.5 Å². The Morgan fingerprint density at radius 1 is 1.34 bits per heavy atom. The summed E-state index contributed by atoms with van der Waals surface area (Å²) in [7, 11) is 1.55. The van der Waals surface area contributed by atoms with Gasteiger partial charge in [0.1, 0.15) is 17.5 Å². The number of ether oxygens (including phenoxy) is 1. The van der Waals surface area contributed by atoms with E-state index in [0.29, 0.717) is 17.9 Å². The van der Waals surface area contributed by atoms with Crippen molar-refractivity contribution in [2.75, 3.05) is 26.0 Å². The number of hydrogen-bond acceptors (Lipinski definition) is 6. The number of unbranched alkanes of at least 4 members (excludes halogenated alkanes) is 1. The second-order valence-electron chi connectivity index (χ2n) is 7.47. The lowest BCUT2D eigenvalue weighted by Gasteiger charge is -2.44. The second-order valence-corrected chi connectivity index (χ2v) is 8.72. The monoisotopic (exact) mass is 418 g/mol. The number of thioether (sulfide) groups is 1. The summed E-state index contributed by atoms with van der Waals surface area (Å²) >= 11 is 1.63. The van der Waals surface area contributed by atoms with Gasteiger partial charge in [-0.3, -0.25) is 14.5 Å². The summed E-state index contributed by atoms with van der Waals surface area (Å²) in [5.41, 5.74) is 3.61. The number of amides is 3. The minimum absolute atomic E-state index is 0.0912. The van der Waals surface area contributed by atoms with E-state index in [1.54, 1.807) is 52.9 Å². The molecule has 3 saturated heterocycles. The maximum Gasteiger partial charge on any atom is 0.337 e. The molecule has 4 rings (SSSR count). The van der Waals surface area contributed by atoms with Gasteiger partial charge in [-0.15, -0.1) is 11.8 Å². The maximum absolute atomic E-state index is 13.2. The Bertz CT molecular complexity index is 819. The molecule has 1 aromatic carbocycles. The highest BCUT2D eigenvalue weighted by molar-refractivity contribution is 8.00. The molecular weight excluding hydrogens is 392 g/mol. The zero-order chi connectivity index (χ0) is 20.5. The molecule has 3 heterocycles. The lowest BCUT2D eigenvalue weighted by Crippen LogP contribution is -2.66. The first-order valence-electron chi connectivity index (χ1n) is 10.0.